The Kier molecular flexibility index (Phi) is 6.18. The lowest BCUT2D eigenvalue weighted by Crippen LogP contribution is -2.34. The smallest absolute Gasteiger partial charge is 0.0351 e. The molecule has 1 aromatic rings. The summed E-state index contributed by atoms with van der Waals surface area (Å²) in [5.74, 6) is 0. The summed E-state index contributed by atoms with van der Waals surface area (Å²) in [4.78, 5) is 2.54. The highest BCUT2D eigenvalue weighted by atomic mass is 79.9. The molecular formula is C16H25BrN2. The zero-order valence-corrected chi connectivity index (χ0v) is 13.5. The molecule has 0 amide bonds. The van der Waals surface area contributed by atoms with Crippen LogP contribution in [0.3, 0.4) is 0 Å². The fourth-order valence-electron chi connectivity index (χ4n) is 2.86. The molecule has 1 aromatic carbocycles. The van der Waals surface area contributed by atoms with Crippen molar-refractivity contribution < 1.29 is 0 Å². The first-order valence-electron chi connectivity index (χ1n) is 7.45. The Morgan fingerprint density at radius 2 is 1.95 bits per heavy atom. The van der Waals surface area contributed by atoms with Gasteiger partial charge < -0.3 is 10.2 Å². The van der Waals surface area contributed by atoms with Crippen molar-refractivity contribution in [2.45, 2.75) is 44.6 Å². The van der Waals surface area contributed by atoms with Crippen LogP contribution in [0.1, 0.15) is 38.5 Å². The van der Waals surface area contributed by atoms with Gasteiger partial charge in [-0.05, 0) is 38.1 Å². The Morgan fingerprint density at radius 1 is 1.21 bits per heavy atom. The Labute approximate surface area is 125 Å². The Morgan fingerprint density at radius 3 is 2.63 bits per heavy atom. The van der Waals surface area contributed by atoms with Gasteiger partial charge in [-0.15, -0.1) is 0 Å². The van der Waals surface area contributed by atoms with Crippen molar-refractivity contribution in [1.29, 1.82) is 0 Å². The molecule has 0 aliphatic heterocycles. The molecular weight excluding hydrogens is 300 g/mol. The maximum atomic E-state index is 3.50. The Bertz CT molecular complexity index is 373. The molecule has 19 heavy (non-hydrogen) atoms. The summed E-state index contributed by atoms with van der Waals surface area (Å²) >= 11 is 3.50. The minimum atomic E-state index is 0.798. The van der Waals surface area contributed by atoms with Gasteiger partial charge in [0, 0.05) is 29.3 Å². The number of halogens is 1. The molecule has 1 fully saturated rings. The molecule has 0 bridgehead atoms. The molecule has 1 N–H and O–H groups in total. The van der Waals surface area contributed by atoms with E-state index in [0.29, 0.717) is 0 Å². The highest BCUT2D eigenvalue weighted by molar-refractivity contribution is 9.10. The van der Waals surface area contributed by atoms with Crippen molar-refractivity contribution in [2.75, 3.05) is 25.5 Å². The second kappa shape index (κ2) is 7.91. The monoisotopic (exact) mass is 324 g/mol. The van der Waals surface area contributed by atoms with Gasteiger partial charge >= 0.3 is 0 Å². The van der Waals surface area contributed by atoms with Crippen LogP contribution in [0, 0.1) is 0 Å². The van der Waals surface area contributed by atoms with E-state index in [1.807, 2.05) is 0 Å². The largest absolute Gasteiger partial charge is 0.384 e. The highest BCUT2D eigenvalue weighted by Crippen LogP contribution is 2.21. The summed E-state index contributed by atoms with van der Waals surface area (Å²) in [6, 6.07) is 9.18. The Hall–Kier alpha value is -0.540. The van der Waals surface area contributed by atoms with Crippen LogP contribution in [0.4, 0.5) is 5.69 Å². The van der Waals surface area contributed by atoms with Crippen molar-refractivity contribution >= 4 is 21.6 Å². The average Bonchev–Trinajstić information content (AvgIpc) is 2.67. The van der Waals surface area contributed by atoms with Crippen LogP contribution in [0.15, 0.2) is 28.7 Å². The van der Waals surface area contributed by atoms with Gasteiger partial charge in [-0.3, -0.25) is 0 Å². The lowest BCUT2D eigenvalue weighted by atomic mass is 10.1. The standard InChI is InChI=1S/C16H25BrN2/c1-19(16-9-4-2-3-5-10-16)12-11-18-15-8-6-7-14(17)13-15/h6-8,13,16,18H,2-5,9-12H2,1H3. The first-order valence-corrected chi connectivity index (χ1v) is 8.25. The van der Waals surface area contributed by atoms with Crippen molar-refractivity contribution in [3.05, 3.63) is 28.7 Å². The van der Waals surface area contributed by atoms with Crippen molar-refractivity contribution in [3.63, 3.8) is 0 Å². The van der Waals surface area contributed by atoms with E-state index < -0.39 is 0 Å². The summed E-state index contributed by atoms with van der Waals surface area (Å²) in [5.41, 5.74) is 1.20. The molecule has 0 atom stereocenters. The molecule has 1 aliphatic rings. The zero-order chi connectivity index (χ0) is 13.5. The van der Waals surface area contributed by atoms with Gasteiger partial charge in [0.15, 0.2) is 0 Å². The normalized spacial score (nSPS) is 17.4. The third kappa shape index (κ3) is 5.15. The van der Waals surface area contributed by atoms with E-state index >= 15 is 0 Å². The summed E-state index contributed by atoms with van der Waals surface area (Å²) < 4.78 is 1.13. The number of hydrogen-bond donors (Lipinski definition) is 1. The maximum absolute atomic E-state index is 3.50. The van der Waals surface area contributed by atoms with Crippen LogP contribution >= 0.6 is 15.9 Å². The number of rotatable bonds is 5. The fraction of sp³-hybridized carbons (Fsp3) is 0.625. The van der Waals surface area contributed by atoms with E-state index in [0.717, 1.165) is 23.6 Å². The van der Waals surface area contributed by atoms with E-state index in [9.17, 15) is 0 Å². The van der Waals surface area contributed by atoms with Crippen LogP contribution in [-0.4, -0.2) is 31.1 Å². The minimum absolute atomic E-state index is 0.798. The second-order valence-electron chi connectivity index (χ2n) is 5.56. The molecule has 2 rings (SSSR count). The molecule has 1 saturated carbocycles. The predicted octanol–water partition coefficient (Wildman–Crippen LogP) is 4.52. The van der Waals surface area contributed by atoms with E-state index in [4.69, 9.17) is 0 Å². The average molecular weight is 325 g/mol. The van der Waals surface area contributed by atoms with Crippen molar-refractivity contribution in [2.24, 2.45) is 0 Å². The number of nitrogens with one attached hydrogen (secondary N) is 1. The van der Waals surface area contributed by atoms with E-state index in [-0.39, 0.29) is 0 Å². The van der Waals surface area contributed by atoms with Gasteiger partial charge in [-0.2, -0.15) is 0 Å². The third-order valence-electron chi connectivity index (χ3n) is 4.07. The predicted molar refractivity (Wildman–Crippen MR) is 86.8 cm³/mol. The van der Waals surface area contributed by atoms with Crippen molar-refractivity contribution in [1.82, 2.24) is 4.90 Å². The van der Waals surface area contributed by atoms with Crippen LogP contribution in [0.25, 0.3) is 0 Å². The Balaban J connectivity index is 1.72. The lowest BCUT2D eigenvalue weighted by Gasteiger charge is -2.27. The highest BCUT2D eigenvalue weighted by Gasteiger charge is 2.16. The molecule has 3 heteroatoms. The SMILES string of the molecule is CN(CCNc1cccc(Br)c1)C1CCCCCC1. The molecule has 2 nitrogen and oxygen atoms in total. The van der Waals surface area contributed by atoms with Crippen LogP contribution in [0.2, 0.25) is 0 Å². The molecule has 0 saturated heterocycles. The van der Waals surface area contributed by atoms with Crippen molar-refractivity contribution in [3.8, 4) is 0 Å². The number of likely N-dealkylation sites (N-methyl/N-ethyl adjacent to an activating group) is 1. The number of hydrogen-bond acceptors (Lipinski definition) is 2. The van der Waals surface area contributed by atoms with Gasteiger partial charge in [-0.25, -0.2) is 0 Å². The van der Waals surface area contributed by atoms with E-state index in [2.05, 4.69) is 57.5 Å². The maximum Gasteiger partial charge on any atom is 0.0351 e. The number of nitrogens with zero attached hydrogens (tertiary/aromatic N) is 1. The minimum Gasteiger partial charge on any atom is -0.384 e. The molecule has 0 heterocycles. The molecule has 0 aromatic heterocycles. The van der Waals surface area contributed by atoms with Gasteiger partial charge in [-0.1, -0.05) is 47.7 Å². The van der Waals surface area contributed by atoms with Gasteiger partial charge in [0.1, 0.15) is 0 Å². The summed E-state index contributed by atoms with van der Waals surface area (Å²) in [7, 11) is 2.28. The number of benzene rings is 1. The number of anilines is 1. The van der Waals surface area contributed by atoms with Crippen LogP contribution in [-0.2, 0) is 0 Å². The van der Waals surface area contributed by atoms with Gasteiger partial charge in [0.05, 0.1) is 0 Å². The van der Waals surface area contributed by atoms with Crippen LogP contribution in [0.5, 0.6) is 0 Å². The molecule has 0 radical (unpaired) electrons. The summed E-state index contributed by atoms with van der Waals surface area (Å²) in [5, 5.41) is 3.50. The van der Waals surface area contributed by atoms with E-state index in [1.54, 1.807) is 0 Å². The molecule has 0 spiro atoms. The second-order valence-corrected chi connectivity index (χ2v) is 6.48. The fourth-order valence-corrected chi connectivity index (χ4v) is 3.26. The van der Waals surface area contributed by atoms with E-state index in [1.165, 1.54) is 44.2 Å². The molecule has 106 valence electrons. The van der Waals surface area contributed by atoms with Crippen LogP contribution < -0.4 is 5.32 Å². The molecule has 0 unspecified atom stereocenters. The first-order chi connectivity index (χ1) is 9.25. The lowest BCUT2D eigenvalue weighted by molar-refractivity contribution is 0.229. The summed E-state index contributed by atoms with van der Waals surface area (Å²) in [6.07, 6.45) is 8.45. The third-order valence-corrected chi connectivity index (χ3v) is 4.56. The first kappa shape index (κ1) is 14.9. The quantitative estimate of drug-likeness (QED) is 0.801. The topological polar surface area (TPSA) is 15.3 Å². The summed E-state index contributed by atoms with van der Waals surface area (Å²) in [6.45, 7) is 2.14. The van der Waals surface area contributed by atoms with Gasteiger partial charge in [0.25, 0.3) is 0 Å². The molecule has 1 aliphatic carbocycles. The van der Waals surface area contributed by atoms with Gasteiger partial charge in [0.2, 0.25) is 0 Å². The zero-order valence-electron chi connectivity index (χ0n) is 11.9.